The van der Waals surface area contributed by atoms with Crippen LogP contribution in [0.15, 0.2) is 72.9 Å². The number of esters is 1. The number of hydrogen-bond acceptors (Lipinski definition) is 5. The van der Waals surface area contributed by atoms with Crippen molar-refractivity contribution in [3.8, 4) is 0 Å². The number of pyridine rings is 1. The van der Waals surface area contributed by atoms with E-state index in [1.807, 2.05) is 36.4 Å². The fourth-order valence-electron chi connectivity index (χ4n) is 2.70. The Labute approximate surface area is 163 Å². The topological polar surface area (TPSA) is 71.5 Å². The van der Waals surface area contributed by atoms with Gasteiger partial charge in [-0.2, -0.15) is 0 Å². The number of carbonyl (C=O) groups is 2. The number of ether oxygens (including phenoxy) is 1. The van der Waals surface area contributed by atoms with E-state index < -0.39 is 5.97 Å². The third-order valence-corrected chi connectivity index (χ3v) is 4.13. The first kappa shape index (κ1) is 19.1. The van der Waals surface area contributed by atoms with Crippen molar-refractivity contribution in [2.24, 2.45) is 0 Å². The summed E-state index contributed by atoms with van der Waals surface area (Å²) in [7, 11) is 1.70. The molecule has 6 nitrogen and oxygen atoms in total. The maximum atomic E-state index is 12.8. The third kappa shape index (κ3) is 4.35. The van der Waals surface area contributed by atoms with Crippen LogP contribution in [0, 0.1) is 0 Å². The van der Waals surface area contributed by atoms with Crippen molar-refractivity contribution in [3.63, 3.8) is 0 Å². The standard InChI is InChI=1S/C22H21N3O3/c1-3-28-22(27)18-11-7-8-12-19(18)24-16-13-14-23-20(15-16)21(26)25(2)17-9-5-4-6-10-17/h4-15H,3H2,1-2H3,(H,23,24). The Morgan fingerprint density at radius 1 is 1.04 bits per heavy atom. The van der Waals surface area contributed by atoms with Gasteiger partial charge in [-0.15, -0.1) is 0 Å². The molecule has 0 atom stereocenters. The van der Waals surface area contributed by atoms with E-state index in [2.05, 4.69) is 10.3 Å². The predicted octanol–water partition coefficient (Wildman–Crippen LogP) is 4.28. The molecule has 0 aliphatic rings. The van der Waals surface area contributed by atoms with Crippen LogP contribution in [0.1, 0.15) is 27.8 Å². The number of hydrogen-bond donors (Lipinski definition) is 1. The quantitative estimate of drug-likeness (QED) is 0.651. The summed E-state index contributed by atoms with van der Waals surface area (Å²) in [6.07, 6.45) is 1.56. The number of anilines is 3. The molecule has 0 aliphatic carbocycles. The van der Waals surface area contributed by atoms with Crippen LogP contribution in [-0.4, -0.2) is 30.5 Å². The summed E-state index contributed by atoms with van der Waals surface area (Å²) in [6, 6.07) is 19.8. The number of aromatic nitrogens is 1. The van der Waals surface area contributed by atoms with Crippen LogP contribution >= 0.6 is 0 Å². The highest BCUT2D eigenvalue weighted by Crippen LogP contribution is 2.23. The maximum Gasteiger partial charge on any atom is 0.340 e. The van der Waals surface area contributed by atoms with E-state index in [1.165, 1.54) is 0 Å². The summed E-state index contributed by atoms with van der Waals surface area (Å²) in [5, 5.41) is 3.17. The molecular formula is C22H21N3O3. The normalized spacial score (nSPS) is 10.2. The SMILES string of the molecule is CCOC(=O)c1ccccc1Nc1ccnc(C(=O)N(C)c2ccccc2)c1. The Bertz CT molecular complexity index is 974. The van der Waals surface area contributed by atoms with Crippen molar-refractivity contribution in [3.05, 3.63) is 84.2 Å². The molecule has 0 saturated heterocycles. The fourth-order valence-corrected chi connectivity index (χ4v) is 2.70. The molecule has 2 aromatic carbocycles. The first-order valence-corrected chi connectivity index (χ1v) is 8.92. The molecule has 3 aromatic rings. The van der Waals surface area contributed by atoms with Gasteiger partial charge in [-0.1, -0.05) is 30.3 Å². The van der Waals surface area contributed by atoms with Crippen LogP contribution in [-0.2, 0) is 4.74 Å². The van der Waals surface area contributed by atoms with Crippen molar-refractivity contribution in [2.45, 2.75) is 6.92 Å². The molecule has 0 saturated carbocycles. The lowest BCUT2D eigenvalue weighted by Crippen LogP contribution is -2.27. The molecule has 142 valence electrons. The largest absolute Gasteiger partial charge is 0.462 e. The van der Waals surface area contributed by atoms with Gasteiger partial charge in [0.05, 0.1) is 17.9 Å². The minimum atomic E-state index is -0.403. The predicted molar refractivity (Wildman–Crippen MR) is 109 cm³/mol. The van der Waals surface area contributed by atoms with E-state index in [4.69, 9.17) is 4.74 Å². The number of nitrogens with one attached hydrogen (secondary N) is 1. The number of para-hydroxylation sites is 2. The number of amides is 1. The average molecular weight is 375 g/mol. The van der Waals surface area contributed by atoms with Crippen LogP contribution < -0.4 is 10.2 Å². The Morgan fingerprint density at radius 3 is 2.50 bits per heavy atom. The first-order chi connectivity index (χ1) is 13.6. The van der Waals surface area contributed by atoms with Gasteiger partial charge in [0, 0.05) is 24.6 Å². The van der Waals surface area contributed by atoms with Gasteiger partial charge < -0.3 is 15.0 Å². The monoisotopic (exact) mass is 375 g/mol. The summed E-state index contributed by atoms with van der Waals surface area (Å²) in [6.45, 7) is 2.06. The second-order valence-electron chi connectivity index (χ2n) is 6.02. The van der Waals surface area contributed by atoms with E-state index >= 15 is 0 Å². The molecule has 0 bridgehead atoms. The fraction of sp³-hybridized carbons (Fsp3) is 0.136. The second kappa shape index (κ2) is 8.81. The van der Waals surface area contributed by atoms with Crippen molar-refractivity contribution in [1.29, 1.82) is 0 Å². The smallest absolute Gasteiger partial charge is 0.340 e. The van der Waals surface area contributed by atoms with E-state index in [1.54, 1.807) is 55.4 Å². The molecule has 0 radical (unpaired) electrons. The van der Waals surface area contributed by atoms with Gasteiger partial charge in [-0.3, -0.25) is 9.78 Å². The molecule has 28 heavy (non-hydrogen) atoms. The molecule has 1 amide bonds. The molecule has 1 N–H and O–H groups in total. The van der Waals surface area contributed by atoms with Crippen LogP contribution in [0.2, 0.25) is 0 Å². The van der Waals surface area contributed by atoms with Crippen molar-refractivity contribution < 1.29 is 14.3 Å². The van der Waals surface area contributed by atoms with Crippen LogP contribution in [0.5, 0.6) is 0 Å². The van der Waals surface area contributed by atoms with Gasteiger partial charge in [0.25, 0.3) is 5.91 Å². The molecule has 1 heterocycles. The highest BCUT2D eigenvalue weighted by atomic mass is 16.5. The minimum Gasteiger partial charge on any atom is -0.462 e. The zero-order chi connectivity index (χ0) is 19.9. The van der Waals surface area contributed by atoms with Gasteiger partial charge in [0.15, 0.2) is 0 Å². The minimum absolute atomic E-state index is 0.228. The van der Waals surface area contributed by atoms with E-state index in [0.29, 0.717) is 29.2 Å². The highest BCUT2D eigenvalue weighted by Gasteiger charge is 2.16. The first-order valence-electron chi connectivity index (χ1n) is 8.92. The third-order valence-electron chi connectivity index (χ3n) is 4.13. The summed E-state index contributed by atoms with van der Waals surface area (Å²) >= 11 is 0. The van der Waals surface area contributed by atoms with Crippen LogP contribution in [0.3, 0.4) is 0 Å². The van der Waals surface area contributed by atoms with Crippen molar-refractivity contribution in [2.75, 3.05) is 23.9 Å². The highest BCUT2D eigenvalue weighted by molar-refractivity contribution is 6.05. The Kier molecular flexibility index (Phi) is 6.01. The lowest BCUT2D eigenvalue weighted by Gasteiger charge is -2.17. The molecule has 3 rings (SSSR count). The van der Waals surface area contributed by atoms with E-state index in [0.717, 1.165) is 5.69 Å². The molecule has 1 aromatic heterocycles. The number of benzene rings is 2. The van der Waals surface area contributed by atoms with Gasteiger partial charge in [-0.05, 0) is 43.3 Å². The lowest BCUT2D eigenvalue weighted by atomic mass is 10.1. The van der Waals surface area contributed by atoms with Gasteiger partial charge in [-0.25, -0.2) is 4.79 Å². The Balaban J connectivity index is 1.83. The molecule has 6 heteroatoms. The Hall–Kier alpha value is -3.67. The molecule has 0 fully saturated rings. The number of carbonyl (C=O) groups excluding carboxylic acids is 2. The zero-order valence-electron chi connectivity index (χ0n) is 15.8. The molecule has 0 unspecified atom stereocenters. The Morgan fingerprint density at radius 2 is 1.75 bits per heavy atom. The summed E-state index contributed by atoms with van der Waals surface area (Å²) in [5.41, 5.74) is 2.75. The van der Waals surface area contributed by atoms with Gasteiger partial charge >= 0.3 is 5.97 Å². The van der Waals surface area contributed by atoms with Crippen LogP contribution in [0.25, 0.3) is 0 Å². The van der Waals surface area contributed by atoms with Crippen molar-refractivity contribution >= 4 is 28.9 Å². The summed E-state index contributed by atoms with van der Waals surface area (Å²) < 4.78 is 5.10. The summed E-state index contributed by atoms with van der Waals surface area (Å²) in [4.78, 5) is 30.6. The van der Waals surface area contributed by atoms with Gasteiger partial charge in [0.1, 0.15) is 5.69 Å². The van der Waals surface area contributed by atoms with E-state index in [-0.39, 0.29) is 5.91 Å². The maximum absolute atomic E-state index is 12.8. The molecule has 0 aliphatic heterocycles. The van der Waals surface area contributed by atoms with Crippen molar-refractivity contribution in [1.82, 2.24) is 4.98 Å². The summed E-state index contributed by atoms with van der Waals surface area (Å²) in [5.74, 6) is -0.631. The average Bonchev–Trinajstić information content (AvgIpc) is 2.74. The molecule has 0 spiro atoms. The zero-order valence-corrected chi connectivity index (χ0v) is 15.8. The second-order valence-corrected chi connectivity index (χ2v) is 6.02. The number of nitrogens with zero attached hydrogens (tertiary/aromatic N) is 2. The molecular weight excluding hydrogens is 354 g/mol. The van der Waals surface area contributed by atoms with Crippen LogP contribution in [0.4, 0.5) is 17.1 Å². The van der Waals surface area contributed by atoms with E-state index in [9.17, 15) is 9.59 Å². The van der Waals surface area contributed by atoms with Gasteiger partial charge in [0.2, 0.25) is 0 Å². The number of rotatable bonds is 6. The lowest BCUT2D eigenvalue weighted by molar-refractivity contribution is 0.0527.